The predicted molar refractivity (Wildman–Crippen MR) is 99.6 cm³/mol. The van der Waals surface area contributed by atoms with Gasteiger partial charge in [0, 0.05) is 18.2 Å². The summed E-state index contributed by atoms with van der Waals surface area (Å²) < 4.78 is 18.4. The lowest BCUT2D eigenvalue weighted by atomic mass is 10.1. The van der Waals surface area contributed by atoms with Gasteiger partial charge in [-0.1, -0.05) is 30.3 Å². The molecule has 0 bridgehead atoms. The van der Waals surface area contributed by atoms with Gasteiger partial charge in [0.1, 0.15) is 12.4 Å². The summed E-state index contributed by atoms with van der Waals surface area (Å²) in [6, 6.07) is 18.8. The van der Waals surface area contributed by atoms with Crippen LogP contribution in [0.25, 0.3) is 11.3 Å². The predicted octanol–water partition coefficient (Wildman–Crippen LogP) is 3.16. The summed E-state index contributed by atoms with van der Waals surface area (Å²) in [4.78, 5) is 11.7. The van der Waals surface area contributed by atoms with Crippen LogP contribution < -0.4 is 15.4 Å². The minimum Gasteiger partial charge on any atom is -0.475 e. The Morgan fingerprint density at radius 3 is 2.41 bits per heavy atom. The first-order valence-electron chi connectivity index (χ1n) is 8.49. The lowest BCUT2D eigenvalue weighted by Gasteiger charge is -2.09. The molecule has 1 heterocycles. The molecular formula is C20H19FN4O2. The Kier molecular flexibility index (Phi) is 6.30. The number of benzene rings is 2. The molecule has 2 N–H and O–H groups in total. The van der Waals surface area contributed by atoms with E-state index in [1.807, 2.05) is 30.3 Å². The van der Waals surface area contributed by atoms with Crippen molar-refractivity contribution in [3.05, 3.63) is 78.1 Å². The van der Waals surface area contributed by atoms with Gasteiger partial charge in [0.15, 0.2) is 0 Å². The molecule has 0 aliphatic carbocycles. The second kappa shape index (κ2) is 9.28. The Balaban J connectivity index is 1.37. The summed E-state index contributed by atoms with van der Waals surface area (Å²) in [5, 5.41) is 13.5. The van der Waals surface area contributed by atoms with E-state index in [1.165, 1.54) is 12.1 Å². The number of rotatable bonds is 7. The van der Waals surface area contributed by atoms with E-state index < -0.39 is 0 Å². The minimum atomic E-state index is -0.299. The minimum absolute atomic E-state index is 0.264. The zero-order chi connectivity index (χ0) is 18.9. The molecule has 6 nitrogen and oxygen atoms in total. The molecule has 0 saturated heterocycles. The fraction of sp³-hybridized carbons (Fsp3) is 0.150. The Morgan fingerprint density at radius 1 is 0.926 bits per heavy atom. The molecule has 0 radical (unpaired) electrons. The number of carbonyl (C=O) groups excluding carboxylic acids is 1. The van der Waals surface area contributed by atoms with Crippen molar-refractivity contribution in [2.75, 3.05) is 13.2 Å². The van der Waals surface area contributed by atoms with Crippen molar-refractivity contribution in [3.8, 4) is 17.1 Å². The van der Waals surface area contributed by atoms with Crippen molar-refractivity contribution < 1.29 is 13.9 Å². The van der Waals surface area contributed by atoms with Crippen molar-refractivity contribution in [1.82, 2.24) is 20.8 Å². The number of nitrogens with zero attached hydrogens (tertiary/aromatic N) is 2. The van der Waals surface area contributed by atoms with Gasteiger partial charge < -0.3 is 15.4 Å². The quantitative estimate of drug-likeness (QED) is 0.630. The van der Waals surface area contributed by atoms with Crippen LogP contribution in [-0.4, -0.2) is 29.4 Å². The van der Waals surface area contributed by atoms with Crippen molar-refractivity contribution in [2.24, 2.45) is 0 Å². The average Bonchev–Trinajstić information content (AvgIpc) is 2.71. The molecule has 7 heteroatoms. The van der Waals surface area contributed by atoms with Gasteiger partial charge >= 0.3 is 6.03 Å². The molecule has 0 aliphatic rings. The lowest BCUT2D eigenvalue weighted by molar-refractivity contribution is 0.235. The molecule has 0 atom stereocenters. The number of ether oxygens (including phenoxy) is 1. The second-order valence-electron chi connectivity index (χ2n) is 5.71. The van der Waals surface area contributed by atoms with E-state index in [-0.39, 0.29) is 18.5 Å². The van der Waals surface area contributed by atoms with Crippen LogP contribution in [-0.2, 0) is 6.54 Å². The zero-order valence-electron chi connectivity index (χ0n) is 14.6. The molecule has 3 rings (SSSR count). The van der Waals surface area contributed by atoms with E-state index in [0.29, 0.717) is 24.7 Å². The summed E-state index contributed by atoms with van der Waals surface area (Å²) in [5.74, 6) is 0.0549. The summed E-state index contributed by atoms with van der Waals surface area (Å²) in [7, 11) is 0. The van der Waals surface area contributed by atoms with Gasteiger partial charge in [-0.25, -0.2) is 9.18 Å². The number of hydrogen-bond acceptors (Lipinski definition) is 4. The molecule has 138 valence electrons. The number of carbonyl (C=O) groups is 1. The maximum absolute atomic E-state index is 12.9. The highest BCUT2D eigenvalue weighted by Gasteiger charge is 2.03. The molecule has 0 unspecified atom stereocenters. The second-order valence-corrected chi connectivity index (χ2v) is 5.71. The Labute approximate surface area is 156 Å². The maximum atomic E-state index is 12.9. The molecule has 0 spiro atoms. The topological polar surface area (TPSA) is 76.1 Å². The van der Waals surface area contributed by atoms with Crippen LogP contribution >= 0.6 is 0 Å². The SMILES string of the molecule is O=C(NCCOc1ccc(-c2ccc(F)cc2)nn1)NCc1ccccc1. The molecule has 0 aliphatic heterocycles. The van der Waals surface area contributed by atoms with Crippen molar-refractivity contribution >= 4 is 6.03 Å². The number of amides is 2. The molecule has 0 fully saturated rings. The van der Waals surface area contributed by atoms with Crippen LogP contribution in [0.2, 0.25) is 0 Å². The summed E-state index contributed by atoms with van der Waals surface area (Å²) in [5.41, 5.74) is 2.42. The third-order valence-electron chi connectivity index (χ3n) is 3.71. The fourth-order valence-corrected chi connectivity index (χ4v) is 2.33. The van der Waals surface area contributed by atoms with Crippen LogP contribution in [0.15, 0.2) is 66.7 Å². The van der Waals surface area contributed by atoms with Gasteiger partial charge in [-0.3, -0.25) is 0 Å². The third-order valence-corrected chi connectivity index (χ3v) is 3.71. The fourth-order valence-electron chi connectivity index (χ4n) is 2.33. The lowest BCUT2D eigenvalue weighted by Crippen LogP contribution is -2.37. The Morgan fingerprint density at radius 2 is 1.70 bits per heavy atom. The largest absolute Gasteiger partial charge is 0.475 e. The average molecular weight is 366 g/mol. The number of nitrogens with one attached hydrogen (secondary N) is 2. The highest BCUT2D eigenvalue weighted by Crippen LogP contribution is 2.17. The van der Waals surface area contributed by atoms with E-state index in [1.54, 1.807) is 24.3 Å². The number of aromatic nitrogens is 2. The van der Waals surface area contributed by atoms with Crippen LogP contribution in [0, 0.1) is 5.82 Å². The van der Waals surface area contributed by atoms with Crippen LogP contribution in [0.3, 0.4) is 0 Å². The van der Waals surface area contributed by atoms with Crippen LogP contribution in [0.4, 0.5) is 9.18 Å². The van der Waals surface area contributed by atoms with Gasteiger partial charge in [-0.2, -0.15) is 0 Å². The third kappa shape index (κ3) is 5.78. The zero-order valence-corrected chi connectivity index (χ0v) is 14.6. The first-order valence-corrected chi connectivity index (χ1v) is 8.49. The summed E-state index contributed by atoms with van der Waals surface area (Å²) >= 11 is 0. The molecule has 0 saturated carbocycles. The summed E-state index contributed by atoms with van der Waals surface area (Å²) in [6.45, 7) is 1.06. The van der Waals surface area contributed by atoms with E-state index in [4.69, 9.17) is 4.74 Å². The Bertz CT molecular complexity index is 855. The van der Waals surface area contributed by atoms with E-state index in [0.717, 1.165) is 11.1 Å². The van der Waals surface area contributed by atoms with Gasteiger partial charge in [-0.05, 0) is 35.9 Å². The highest BCUT2D eigenvalue weighted by atomic mass is 19.1. The normalized spacial score (nSPS) is 10.3. The van der Waals surface area contributed by atoms with E-state index >= 15 is 0 Å². The maximum Gasteiger partial charge on any atom is 0.315 e. The first kappa shape index (κ1) is 18.3. The molecule has 1 aromatic heterocycles. The van der Waals surface area contributed by atoms with Gasteiger partial charge in [0.05, 0.1) is 12.2 Å². The molecular weight excluding hydrogens is 347 g/mol. The highest BCUT2D eigenvalue weighted by molar-refractivity contribution is 5.73. The molecule has 3 aromatic rings. The standard InChI is InChI=1S/C20H19FN4O2/c21-17-8-6-16(7-9-17)18-10-11-19(25-24-18)27-13-12-22-20(26)23-14-15-4-2-1-3-5-15/h1-11H,12-14H2,(H2,22,23,26). The van der Waals surface area contributed by atoms with E-state index in [2.05, 4.69) is 20.8 Å². The monoisotopic (exact) mass is 366 g/mol. The van der Waals surface area contributed by atoms with E-state index in [9.17, 15) is 9.18 Å². The van der Waals surface area contributed by atoms with Crippen molar-refractivity contribution in [1.29, 1.82) is 0 Å². The number of halogens is 1. The Hall–Kier alpha value is -3.48. The van der Waals surface area contributed by atoms with Gasteiger partial charge in [-0.15, -0.1) is 10.2 Å². The molecule has 2 aromatic carbocycles. The van der Waals surface area contributed by atoms with Gasteiger partial charge in [0.25, 0.3) is 0 Å². The number of urea groups is 1. The molecule has 27 heavy (non-hydrogen) atoms. The van der Waals surface area contributed by atoms with Crippen LogP contribution in [0.5, 0.6) is 5.88 Å². The van der Waals surface area contributed by atoms with Gasteiger partial charge in [0.2, 0.25) is 5.88 Å². The van der Waals surface area contributed by atoms with Crippen LogP contribution in [0.1, 0.15) is 5.56 Å². The van der Waals surface area contributed by atoms with Crippen molar-refractivity contribution in [2.45, 2.75) is 6.54 Å². The first-order chi connectivity index (χ1) is 13.2. The van der Waals surface area contributed by atoms with Crippen molar-refractivity contribution in [3.63, 3.8) is 0 Å². The number of hydrogen-bond donors (Lipinski definition) is 2. The molecule has 2 amide bonds. The summed E-state index contributed by atoms with van der Waals surface area (Å²) in [6.07, 6.45) is 0. The smallest absolute Gasteiger partial charge is 0.315 e.